The van der Waals surface area contributed by atoms with E-state index in [1.165, 1.54) is 19.3 Å². The van der Waals surface area contributed by atoms with Gasteiger partial charge in [0.15, 0.2) is 0 Å². The largest absolute Gasteiger partial charge is 0.461 e. The zero-order valence-electron chi connectivity index (χ0n) is 18.0. The molecular weight excluding hydrogens is 392 g/mol. The van der Waals surface area contributed by atoms with Crippen molar-refractivity contribution in [2.75, 3.05) is 13.2 Å². The van der Waals surface area contributed by atoms with Gasteiger partial charge in [0, 0.05) is 5.38 Å². The number of esters is 1. The number of alkyl halides is 1. The maximum Gasteiger partial charge on any atom is 0.332 e. The number of rotatable bonds is 11. The number of ether oxygens (including phenoxy) is 2. The minimum absolute atomic E-state index is 0.0478. The van der Waals surface area contributed by atoms with E-state index in [0.29, 0.717) is 18.9 Å². The average Bonchev–Trinajstić information content (AvgIpc) is 2.95. The van der Waals surface area contributed by atoms with Crippen LogP contribution in [-0.4, -0.2) is 53.1 Å². The van der Waals surface area contributed by atoms with E-state index in [0.717, 1.165) is 32.1 Å². The van der Waals surface area contributed by atoms with Crippen LogP contribution in [0.4, 0.5) is 0 Å². The molecule has 0 aromatic carbocycles. The van der Waals surface area contributed by atoms with Gasteiger partial charge in [-0.1, -0.05) is 31.4 Å². The third-order valence-corrected chi connectivity index (χ3v) is 6.84. The van der Waals surface area contributed by atoms with Gasteiger partial charge < -0.3 is 19.7 Å². The standard InChI is InChI=1S/C23H39ClO5/c1-16(2)29-23(27)15-28-13-7-6-10-18-19(22(26)14-20(18)24)11-12-21(25)17-8-4-3-5-9-17/h6-7,16-22,25-26H,3-5,8-15H2,1-2H3/b7-6+/t18?,19?,20-,21-,22-/m0/s1. The van der Waals surface area contributed by atoms with E-state index in [-0.39, 0.29) is 42.0 Å². The lowest BCUT2D eigenvalue weighted by atomic mass is 9.81. The van der Waals surface area contributed by atoms with Crippen molar-refractivity contribution in [1.29, 1.82) is 0 Å². The monoisotopic (exact) mass is 430 g/mol. The topological polar surface area (TPSA) is 76.0 Å². The van der Waals surface area contributed by atoms with Gasteiger partial charge in [-0.15, -0.1) is 11.6 Å². The van der Waals surface area contributed by atoms with Crippen molar-refractivity contribution in [3.05, 3.63) is 12.2 Å². The van der Waals surface area contributed by atoms with E-state index < -0.39 is 6.10 Å². The molecule has 29 heavy (non-hydrogen) atoms. The van der Waals surface area contributed by atoms with Crippen molar-refractivity contribution in [2.24, 2.45) is 17.8 Å². The van der Waals surface area contributed by atoms with Crippen LogP contribution in [0.1, 0.15) is 71.6 Å². The Morgan fingerprint density at radius 3 is 2.59 bits per heavy atom. The molecule has 0 spiro atoms. The minimum Gasteiger partial charge on any atom is -0.461 e. The number of carbonyl (C=O) groups is 1. The summed E-state index contributed by atoms with van der Waals surface area (Å²) in [6, 6.07) is 0. The summed E-state index contributed by atoms with van der Waals surface area (Å²) in [5, 5.41) is 21.0. The molecule has 5 nitrogen and oxygen atoms in total. The Balaban J connectivity index is 1.72. The average molecular weight is 431 g/mol. The Morgan fingerprint density at radius 1 is 1.17 bits per heavy atom. The third-order valence-electron chi connectivity index (χ3n) is 6.34. The van der Waals surface area contributed by atoms with E-state index in [1.807, 2.05) is 12.2 Å². The van der Waals surface area contributed by atoms with Gasteiger partial charge >= 0.3 is 5.97 Å². The zero-order chi connectivity index (χ0) is 21.2. The molecular formula is C23H39ClO5. The van der Waals surface area contributed by atoms with Crippen molar-refractivity contribution >= 4 is 17.6 Å². The number of hydrogen-bond acceptors (Lipinski definition) is 5. The second-order valence-corrected chi connectivity index (χ2v) is 9.51. The summed E-state index contributed by atoms with van der Waals surface area (Å²) in [7, 11) is 0. The molecule has 0 aliphatic heterocycles. The third kappa shape index (κ3) is 8.56. The first-order chi connectivity index (χ1) is 13.9. The molecule has 2 aliphatic rings. The van der Waals surface area contributed by atoms with Crippen molar-refractivity contribution in [2.45, 2.75) is 95.3 Å². The molecule has 5 atom stereocenters. The molecule has 2 N–H and O–H groups in total. The van der Waals surface area contributed by atoms with Gasteiger partial charge in [0.2, 0.25) is 0 Å². The lowest BCUT2D eigenvalue weighted by Gasteiger charge is -2.29. The summed E-state index contributed by atoms with van der Waals surface area (Å²) < 4.78 is 10.3. The van der Waals surface area contributed by atoms with Gasteiger partial charge in [-0.25, -0.2) is 4.79 Å². The first-order valence-corrected chi connectivity index (χ1v) is 11.7. The molecule has 0 saturated heterocycles. The van der Waals surface area contributed by atoms with E-state index in [2.05, 4.69) is 0 Å². The van der Waals surface area contributed by atoms with Gasteiger partial charge in [-0.3, -0.25) is 0 Å². The maximum atomic E-state index is 11.4. The molecule has 168 valence electrons. The molecule has 0 heterocycles. The second kappa shape index (κ2) is 12.9. The van der Waals surface area contributed by atoms with Crippen LogP contribution in [0.2, 0.25) is 0 Å². The zero-order valence-corrected chi connectivity index (χ0v) is 18.7. The Kier molecular flexibility index (Phi) is 11.0. The van der Waals surface area contributed by atoms with Crippen LogP contribution in [0.3, 0.4) is 0 Å². The van der Waals surface area contributed by atoms with E-state index in [4.69, 9.17) is 21.1 Å². The molecule has 2 rings (SSSR count). The van der Waals surface area contributed by atoms with Gasteiger partial charge in [0.05, 0.1) is 24.9 Å². The summed E-state index contributed by atoms with van der Waals surface area (Å²) in [5.41, 5.74) is 0. The van der Waals surface area contributed by atoms with Gasteiger partial charge in [-0.05, 0) is 70.1 Å². The van der Waals surface area contributed by atoms with Crippen LogP contribution in [-0.2, 0) is 14.3 Å². The van der Waals surface area contributed by atoms with Crippen molar-refractivity contribution < 1.29 is 24.5 Å². The highest BCUT2D eigenvalue weighted by atomic mass is 35.5. The number of carbonyl (C=O) groups excluding carboxylic acids is 1. The number of aliphatic hydroxyl groups is 2. The first kappa shape index (κ1) is 24.6. The van der Waals surface area contributed by atoms with Crippen molar-refractivity contribution in [1.82, 2.24) is 0 Å². The lowest BCUT2D eigenvalue weighted by molar-refractivity contribution is -0.152. The number of halogens is 1. The summed E-state index contributed by atoms with van der Waals surface area (Å²) in [6.45, 7) is 3.91. The predicted octanol–water partition coefficient (Wildman–Crippen LogP) is 4.23. The van der Waals surface area contributed by atoms with Crippen LogP contribution in [0.15, 0.2) is 12.2 Å². The van der Waals surface area contributed by atoms with Crippen LogP contribution in [0.25, 0.3) is 0 Å². The van der Waals surface area contributed by atoms with Gasteiger partial charge in [0.25, 0.3) is 0 Å². The molecule has 0 aromatic heterocycles. The quantitative estimate of drug-likeness (QED) is 0.222. The van der Waals surface area contributed by atoms with Crippen molar-refractivity contribution in [3.63, 3.8) is 0 Å². The molecule has 2 saturated carbocycles. The van der Waals surface area contributed by atoms with E-state index in [9.17, 15) is 15.0 Å². The Bertz CT molecular complexity index is 503. The minimum atomic E-state index is -0.392. The molecule has 6 heteroatoms. The molecule has 0 bridgehead atoms. The molecule has 0 amide bonds. The Labute approximate surface area is 180 Å². The Hall–Kier alpha value is -0.620. The van der Waals surface area contributed by atoms with Crippen LogP contribution >= 0.6 is 11.6 Å². The molecule has 0 radical (unpaired) electrons. The number of hydrogen-bond donors (Lipinski definition) is 2. The summed E-state index contributed by atoms with van der Waals surface area (Å²) in [5.74, 6) is 0.395. The summed E-state index contributed by atoms with van der Waals surface area (Å²) >= 11 is 6.51. The van der Waals surface area contributed by atoms with Crippen LogP contribution in [0.5, 0.6) is 0 Å². The maximum absolute atomic E-state index is 11.4. The fourth-order valence-electron chi connectivity index (χ4n) is 4.81. The molecule has 2 aliphatic carbocycles. The van der Waals surface area contributed by atoms with E-state index >= 15 is 0 Å². The van der Waals surface area contributed by atoms with Gasteiger partial charge in [0.1, 0.15) is 6.61 Å². The van der Waals surface area contributed by atoms with E-state index in [1.54, 1.807) is 13.8 Å². The molecule has 0 aromatic rings. The molecule has 2 unspecified atom stereocenters. The number of allylic oxidation sites excluding steroid dienone is 1. The highest BCUT2D eigenvalue weighted by Gasteiger charge is 2.40. The first-order valence-electron chi connectivity index (χ1n) is 11.3. The highest BCUT2D eigenvalue weighted by Crippen LogP contribution is 2.42. The molecule has 2 fully saturated rings. The van der Waals surface area contributed by atoms with Gasteiger partial charge in [-0.2, -0.15) is 0 Å². The fraction of sp³-hybridized carbons (Fsp3) is 0.870. The second-order valence-electron chi connectivity index (χ2n) is 8.95. The smallest absolute Gasteiger partial charge is 0.332 e. The van der Waals surface area contributed by atoms with Crippen LogP contribution < -0.4 is 0 Å². The number of aliphatic hydroxyl groups excluding tert-OH is 2. The van der Waals surface area contributed by atoms with Crippen molar-refractivity contribution in [3.8, 4) is 0 Å². The lowest BCUT2D eigenvalue weighted by Crippen LogP contribution is -2.26. The SMILES string of the molecule is CC(C)OC(=O)COC/C=C/CC1C(CC[C@H](O)C2CCCCC2)[C@@H](O)C[C@@H]1Cl. The normalized spacial score (nSPS) is 29.6. The fourth-order valence-corrected chi connectivity index (χ4v) is 5.28. The summed E-state index contributed by atoms with van der Waals surface area (Å²) in [6.07, 6.45) is 12.1. The Morgan fingerprint density at radius 2 is 1.90 bits per heavy atom. The highest BCUT2D eigenvalue weighted by molar-refractivity contribution is 6.21. The van der Waals surface area contributed by atoms with Crippen LogP contribution in [0, 0.1) is 17.8 Å². The summed E-state index contributed by atoms with van der Waals surface area (Å²) in [4.78, 5) is 11.4. The predicted molar refractivity (Wildman–Crippen MR) is 115 cm³/mol.